The molecule has 0 aliphatic rings. The number of nitrogens with one attached hydrogen (secondary N) is 3. The smallest absolute Gasteiger partial charge is 0.406 e. The minimum Gasteiger partial charge on any atom is -0.406 e. The van der Waals surface area contributed by atoms with E-state index >= 15 is 0 Å². The van der Waals surface area contributed by atoms with Crippen LogP contribution < -0.4 is 20.9 Å². The number of hydrazine groups is 1. The fourth-order valence-corrected chi connectivity index (χ4v) is 1.94. The SMILES string of the molecule is O=C(NNC(=S)NCc1ccccc1)c1ccc(OC(F)(F)F)cc1. The number of amides is 1. The second-order valence-corrected chi connectivity index (χ2v) is 5.23. The molecule has 2 aromatic carbocycles. The van der Waals surface area contributed by atoms with Gasteiger partial charge in [-0.05, 0) is 42.0 Å². The zero-order chi connectivity index (χ0) is 18.3. The molecule has 0 bridgehead atoms. The summed E-state index contributed by atoms with van der Waals surface area (Å²) in [5.74, 6) is -0.959. The quantitative estimate of drug-likeness (QED) is 0.571. The van der Waals surface area contributed by atoms with E-state index in [1.165, 1.54) is 12.1 Å². The van der Waals surface area contributed by atoms with Crippen LogP contribution in [0.1, 0.15) is 15.9 Å². The molecule has 0 unspecified atom stereocenters. The Kier molecular flexibility index (Phi) is 6.18. The molecule has 0 atom stereocenters. The van der Waals surface area contributed by atoms with Crippen LogP contribution in [0.4, 0.5) is 13.2 Å². The number of ether oxygens (including phenoxy) is 1. The van der Waals surface area contributed by atoms with E-state index in [9.17, 15) is 18.0 Å². The number of halogens is 3. The number of carbonyl (C=O) groups excluding carboxylic acids is 1. The summed E-state index contributed by atoms with van der Waals surface area (Å²) in [5, 5.41) is 3.10. The monoisotopic (exact) mass is 369 g/mol. The van der Waals surface area contributed by atoms with Crippen molar-refractivity contribution in [1.29, 1.82) is 0 Å². The molecule has 132 valence electrons. The van der Waals surface area contributed by atoms with E-state index in [-0.39, 0.29) is 10.7 Å². The highest BCUT2D eigenvalue weighted by Gasteiger charge is 2.31. The van der Waals surface area contributed by atoms with Gasteiger partial charge in [0.05, 0.1) is 0 Å². The number of alkyl halides is 3. The lowest BCUT2D eigenvalue weighted by Crippen LogP contribution is -2.46. The molecule has 9 heteroatoms. The Balaban J connectivity index is 1.78. The Hall–Kier alpha value is -2.81. The Labute approximate surface area is 147 Å². The average molecular weight is 369 g/mol. The summed E-state index contributed by atoms with van der Waals surface area (Å²) < 4.78 is 39.9. The third-order valence-corrected chi connectivity index (χ3v) is 3.18. The predicted octanol–water partition coefficient (Wildman–Crippen LogP) is 2.89. The molecule has 0 saturated carbocycles. The molecule has 0 fully saturated rings. The van der Waals surface area contributed by atoms with Crippen LogP contribution in [0.2, 0.25) is 0 Å². The van der Waals surface area contributed by atoms with E-state index in [1.807, 2.05) is 30.3 Å². The van der Waals surface area contributed by atoms with Crippen molar-refractivity contribution in [3.8, 4) is 5.75 Å². The van der Waals surface area contributed by atoms with Gasteiger partial charge in [0.2, 0.25) is 0 Å². The van der Waals surface area contributed by atoms with Crippen LogP contribution in [0.15, 0.2) is 54.6 Å². The lowest BCUT2D eigenvalue weighted by atomic mass is 10.2. The highest BCUT2D eigenvalue weighted by molar-refractivity contribution is 7.80. The molecular weight excluding hydrogens is 355 g/mol. The third-order valence-electron chi connectivity index (χ3n) is 2.94. The van der Waals surface area contributed by atoms with Gasteiger partial charge < -0.3 is 10.1 Å². The summed E-state index contributed by atoms with van der Waals surface area (Å²) in [5.41, 5.74) is 6.02. The standard InChI is InChI=1S/C16H14F3N3O2S/c17-16(18,19)24-13-8-6-12(7-9-13)14(23)21-22-15(25)20-10-11-4-2-1-3-5-11/h1-9H,10H2,(H,21,23)(H2,20,22,25). The molecular formula is C16H14F3N3O2S. The topological polar surface area (TPSA) is 62.4 Å². The number of hydrogen-bond donors (Lipinski definition) is 3. The molecule has 3 N–H and O–H groups in total. The molecule has 0 heterocycles. The third kappa shape index (κ3) is 6.68. The van der Waals surface area contributed by atoms with Gasteiger partial charge in [-0.2, -0.15) is 0 Å². The normalized spacial score (nSPS) is 10.7. The minimum atomic E-state index is -4.78. The number of hydrogen-bond acceptors (Lipinski definition) is 3. The Morgan fingerprint density at radius 2 is 1.64 bits per heavy atom. The summed E-state index contributed by atoms with van der Waals surface area (Å²) in [7, 11) is 0. The van der Waals surface area contributed by atoms with Crippen LogP contribution in [-0.2, 0) is 6.54 Å². The minimum absolute atomic E-state index is 0.146. The summed E-state index contributed by atoms with van der Waals surface area (Å²) >= 11 is 5.02. The number of rotatable bonds is 4. The first-order valence-electron chi connectivity index (χ1n) is 7.07. The Morgan fingerprint density at radius 1 is 1.00 bits per heavy atom. The molecule has 0 radical (unpaired) electrons. The molecule has 0 saturated heterocycles. The van der Waals surface area contributed by atoms with Gasteiger partial charge in [-0.15, -0.1) is 13.2 Å². The van der Waals surface area contributed by atoms with Crippen LogP contribution in [-0.4, -0.2) is 17.4 Å². The van der Waals surface area contributed by atoms with Gasteiger partial charge in [-0.25, -0.2) is 0 Å². The fourth-order valence-electron chi connectivity index (χ4n) is 1.82. The maximum atomic E-state index is 12.1. The highest BCUT2D eigenvalue weighted by Crippen LogP contribution is 2.22. The molecule has 0 aliphatic heterocycles. The van der Waals surface area contributed by atoms with Crippen LogP contribution >= 0.6 is 12.2 Å². The molecule has 2 rings (SSSR count). The first-order valence-corrected chi connectivity index (χ1v) is 7.48. The lowest BCUT2D eigenvalue weighted by molar-refractivity contribution is -0.274. The lowest BCUT2D eigenvalue weighted by Gasteiger charge is -2.12. The van der Waals surface area contributed by atoms with Crippen LogP contribution in [0.3, 0.4) is 0 Å². The molecule has 2 aromatic rings. The van der Waals surface area contributed by atoms with Crippen molar-refractivity contribution in [3.05, 3.63) is 65.7 Å². The van der Waals surface area contributed by atoms with Crippen LogP contribution in [0, 0.1) is 0 Å². The van der Waals surface area contributed by atoms with Crippen molar-refractivity contribution in [2.75, 3.05) is 0 Å². The van der Waals surface area contributed by atoms with Gasteiger partial charge in [-0.1, -0.05) is 30.3 Å². The molecule has 0 aliphatic carbocycles. The van der Waals surface area contributed by atoms with Gasteiger partial charge in [0, 0.05) is 12.1 Å². The highest BCUT2D eigenvalue weighted by atomic mass is 32.1. The van der Waals surface area contributed by atoms with Crippen molar-refractivity contribution in [3.63, 3.8) is 0 Å². The van der Waals surface area contributed by atoms with Gasteiger partial charge >= 0.3 is 6.36 Å². The fraction of sp³-hybridized carbons (Fsp3) is 0.125. The molecule has 0 spiro atoms. The first kappa shape index (κ1) is 18.5. The van der Waals surface area contributed by atoms with Gasteiger partial charge in [0.15, 0.2) is 5.11 Å². The predicted molar refractivity (Wildman–Crippen MR) is 89.6 cm³/mol. The number of carbonyl (C=O) groups is 1. The molecule has 25 heavy (non-hydrogen) atoms. The van der Waals surface area contributed by atoms with Crippen molar-refractivity contribution in [2.24, 2.45) is 0 Å². The number of thiocarbonyl (C=S) groups is 1. The Morgan fingerprint density at radius 3 is 2.24 bits per heavy atom. The van der Waals surface area contributed by atoms with Crippen molar-refractivity contribution in [1.82, 2.24) is 16.2 Å². The molecule has 1 amide bonds. The summed E-state index contributed by atoms with van der Waals surface area (Å²) in [6.07, 6.45) is -4.78. The van der Waals surface area contributed by atoms with E-state index in [1.54, 1.807) is 0 Å². The largest absolute Gasteiger partial charge is 0.573 e. The maximum absolute atomic E-state index is 12.1. The molecule has 5 nitrogen and oxygen atoms in total. The van der Waals surface area contributed by atoms with Crippen LogP contribution in [0.25, 0.3) is 0 Å². The van der Waals surface area contributed by atoms with Gasteiger partial charge in [0.25, 0.3) is 5.91 Å². The van der Waals surface area contributed by atoms with E-state index in [2.05, 4.69) is 20.9 Å². The summed E-state index contributed by atoms with van der Waals surface area (Å²) in [6, 6.07) is 14.0. The maximum Gasteiger partial charge on any atom is 0.573 e. The summed E-state index contributed by atoms with van der Waals surface area (Å²) in [6.45, 7) is 0.478. The van der Waals surface area contributed by atoms with Crippen molar-refractivity contribution in [2.45, 2.75) is 12.9 Å². The first-order chi connectivity index (χ1) is 11.8. The molecule has 0 aromatic heterocycles. The number of benzene rings is 2. The summed E-state index contributed by atoms with van der Waals surface area (Å²) in [4.78, 5) is 11.9. The zero-order valence-electron chi connectivity index (χ0n) is 12.8. The second-order valence-electron chi connectivity index (χ2n) is 4.82. The zero-order valence-corrected chi connectivity index (χ0v) is 13.6. The van der Waals surface area contributed by atoms with E-state index in [0.717, 1.165) is 17.7 Å². The van der Waals surface area contributed by atoms with Gasteiger partial charge in [-0.3, -0.25) is 15.6 Å². The van der Waals surface area contributed by atoms with Crippen LogP contribution in [0.5, 0.6) is 5.75 Å². The van der Waals surface area contributed by atoms with Crippen molar-refractivity contribution < 1.29 is 22.7 Å². The van der Waals surface area contributed by atoms with E-state index in [0.29, 0.717) is 6.54 Å². The average Bonchev–Trinajstić information content (AvgIpc) is 2.58. The van der Waals surface area contributed by atoms with Crippen molar-refractivity contribution >= 4 is 23.2 Å². The van der Waals surface area contributed by atoms with Gasteiger partial charge in [0.1, 0.15) is 5.75 Å². The Bertz CT molecular complexity index is 722. The second kappa shape index (κ2) is 8.34. The van der Waals surface area contributed by atoms with E-state index in [4.69, 9.17) is 12.2 Å². The van der Waals surface area contributed by atoms with E-state index < -0.39 is 18.0 Å².